The molecule has 9 nitrogen and oxygen atoms in total. The van der Waals surface area contributed by atoms with Gasteiger partial charge in [0.15, 0.2) is 0 Å². The first kappa shape index (κ1) is 12.6. The summed E-state index contributed by atoms with van der Waals surface area (Å²) in [5.74, 6) is -1.81. The number of carbonyl (C=O) groups excluding carboxylic acids is 1. The van der Waals surface area contributed by atoms with Crippen LogP contribution in [0.5, 0.6) is 0 Å². The van der Waals surface area contributed by atoms with Gasteiger partial charge in [0.25, 0.3) is 0 Å². The number of aliphatic carboxylic acids is 1. The van der Waals surface area contributed by atoms with Crippen molar-refractivity contribution in [1.82, 2.24) is 15.1 Å². The highest BCUT2D eigenvalue weighted by molar-refractivity contribution is 5.76. The van der Waals surface area contributed by atoms with E-state index in [0.29, 0.717) is 0 Å². The molecule has 0 unspecified atom stereocenters. The molecule has 1 heterocycles. The normalized spacial score (nSPS) is 9.88. The van der Waals surface area contributed by atoms with Crippen LogP contribution in [-0.2, 0) is 16.1 Å². The third kappa shape index (κ3) is 4.28. The molecule has 0 aliphatic carbocycles. The Balaban J connectivity index is 2.39. The van der Waals surface area contributed by atoms with Gasteiger partial charge in [-0.05, 0) is 4.92 Å². The Morgan fingerprint density at radius 2 is 2.29 bits per heavy atom. The predicted molar refractivity (Wildman–Crippen MR) is 54.1 cm³/mol. The Bertz CT molecular complexity index is 441. The Labute approximate surface area is 95.2 Å². The van der Waals surface area contributed by atoms with Crippen molar-refractivity contribution in [2.24, 2.45) is 0 Å². The number of carboxylic acid groups (broad SMARTS) is 1. The highest BCUT2D eigenvalue weighted by Crippen LogP contribution is 2.04. The van der Waals surface area contributed by atoms with Crippen LogP contribution in [0.15, 0.2) is 12.3 Å². The van der Waals surface area contributed by atoms with Crippen LogP contribution in [0.2, 0.25) is 0 Å². The van der Waals surface area contributed by atoms with E-state index in [-0.39, 0.29) is 25.3 Å². The number of rotatable bonds is 6. The summed E-state index contributed by atoms with van der Waals surface area (Å²) in [6.45, 7) is -0.176. The lowest BCUT2D eigenvalue weighted by Crippen LogP contribution is -2.29. The van der Waals surface area contributed by atoms with Crippen LogP contribution < -0.4 is 5.32 Å². The number of nitrogens with one attached hydrogen (secondary N) is 1. The van der Waals surface area contributed by atoms with E-state index in [1.807, 2.05) is 0 Å². The van der Waals surface area contributed by atoms with Crippen molar-refractivity contribution >= 4 is 17.7 Å². The molecule has 1 amide bonds. The van der Waals surface area contributed by atoms with Gasteiger partial charge in [0.05, 0.1) is 23.8 Å². The minimum atomic E-state index is -1.01. The van der Waals surface area contributed by atoms with Crippen LogP contribution in [0.25, 0.3) is 0 Å². The lowest BCUT2D eigenvalue weighted by molar-refractivity contribution is -0.389. The van der Waals surface area contributed by atoms with E-state index < -0.39 is 16.8 Å². The summed E-state index contributed by atoms with van der Waals surface area (Å²) in [5.41, 5.74) is 0. The van der Waals surface area contributed by atoms with E-state index in [2.05, 4.69) is 10.4 Å². The smallest absolute Gasteiger partial charge is 0.389 e. The fourth-order valence-electron chi connectivity index (χ4n) is 1.05. The van der Waals surface area contributed by atoms with E-state index >= 15 is 0 Å². The Kier molecular flexibility index (Phi) is 4.14. The molecule has 17 heavy (non-hydrogen) atoms. The maximum absolute atomic E-state index is 11.2. The van der Waals surface area contributed by atoms with Gasteiger partial charge in [-0.25, -0.2) is 0 Å². The van der Waals surface area contributed by atoms with Gasteiger partial charge in [-0.2, -0.15) is 4.68 Å². The second-order valence-corrected chi connectivity index (χ2v) is 3.12. The minimum Gasteiger partial charge on any atom is -0.481 e. The van der Waals surface area contributed by atoms with Gasteiger partial charge in [0, 0.05) is 6.54 Å². The molecule has 1 aromatic rings. The maximum Gasteiger partial charge on any atom is 0.389 e. The average Bonchev–Trinajstić information content (AvgIpc) is 2.65. The van der Waals surface area contributed by atoms with Gasteiger partial charge in [0.1, 0.15) is 6.54 Å². The molecule has 0 saturated heterocycles. The molecule has 0 radical (unpaired) electrons. The monoisotopic (exact) mass is 242 g/mol. The first-order chi connectivity index (χ1) is 7.99. The zero-order valence-corrected chi connectivity index (χ0v) is 8.70. The quantitative estimate of drug-likeness (QED) is 0.505. The molecule has 1 aromatic heterocycles. The zero-order chi connectivity index (χ0) is 12.8. The molecule has 9 heteroatoms. The van der Waals surface area contributed by atoms with Crippen molar-refractivity contribution in [3.8, 4) is 0 Å². The second kappa shape index (κ2) is 5.58. The van der Waals surface area contributed by atoms with Gasteiger partial charge < -0.3 is 20.5 Å². The highest BCUT2D eigenvalue weighted by atomic mass is 16.6. The van der Waals surface area contributed by atoms with Crippen LogP contribution in [0.3, 0.4) is 0 Å². The van der Waals surface area contributed by atoms with Crippen molar-refractivity contribution in [3.05, 3.63) is 22.4 Å². The van der Waals surface area contributed by atoms with E-state index in [0.717, 1.165) is 4.68 Å². The molecule has 0 atom stereocenters. The lowest BCUT2D eigenvalue weighted by Gasteiger charge is -2.00. The van der Waals surface area contributed by atoms with Gasteiger partial charge in [-0.3, -0.25) is 9.59 Å². The molecule has 92 valence electrons. The zero-order valence-electron chi connectivity index (χ0n) is 8.70. The first-order valence-corrected chi connectivity index (χ1v) is 4.65. The van der Waals surface area contributed by atoms with Crippen LogP contribution in [0, 0.1) is 10.1 Å². The third-order valence-electron chi connectivity index (χ3n) is 1.78. The SMILES string of the molecule is O=C(O)CCNC(=O)Cn1ccc([N+](=O)[O-])n1. The molecular weight excluding hydrogens is 232 g/mol. The summed E-state index contributed by atoms with van der Waals surface area (Å²) >= 11 is 0. The molecule has 0 aliphatic rings. The Hall–Kier alpha value is -2.45. The fraction of sp³-hybridized carbons (Fsp3) is 0.375. The molecule has 0 saturated carbocycles. The minimum absolute atomic E-state index is 0.0114. The molecule has 0 aliphatic heterocycles. The van der Waals surface area contributed by atoms with Crippen LogP contribution in [-0.4, -0.2) is 38.2 Å². The molecule has 2 N–H and O–H groups in total. The van der Waals surface area contributed by atoms with Gasteiger partial charge >= 0.3 is 11.8 Å². The number of carbonyl (C=O) groups is 2. The molecule has 0 bridgehead atoms. The number of hydrogen-bond donors (Lipinski definition) is 2. The fourth-order valence-corrected chi connectivity index (χ4v) is 1.05. The maximum atomic E-state index is 11.2. The second-order valence-electron chi connectivity index (χ2n) is 3.12. The summed E-state index contributed by atoms with van der Waals surface area (Å²) < 4.78 is 1.11. The third-order valence-corrected chi connectivity index (χ3v) is 1.78. The van der Waals surface area contributed by atoms with Crippen molar-refractivity contribution in [1.29, 1.82) is 0 Å². The van der Waals surface area contributed by atoms with Crippen molar-refractivity contribution in [3.63, 3.8) is 0 Å². The van der Waals surface area contributed by atoms with E-state index in [1.165, 1.54) is 12.3 Å². The number of nitrogens with zero attached hydrogens (tertiary/aromatic N) is 3. The van der Waals surface area contributed by atoms with Crippen LogP contribution in [0.1, 0.15) is 6.42 Å². The van der Waals surface area contributed by atoms with Crippen molar-refractivity contribution in [2.45, 2.75) is 13.0 Å². The summed E-state index contributed by atoms with van der Waals surface area (Å²) in [6.07, 6.45) is 1.12. The number of carboxylic acids is 1. The van der Waals surface area contributed by atoms with E-state index in [4.69, 9.17) is 5.11 Å². The highest BCUT2D eigenvalue weighted by Gasteiger charge is 2.13. The van der Waals surface area contributed by atoms with E-state index in [1.54, 1.807) is 0 Å². The summed E-state index contributed by atoms with van der Waals surface area (Å²) in [4.78, 5) is 31.1. The number of aromatic nitrogens is 2. The van der Waals surface area contributed by atoms with Crippen molar-refractivity contribution < 1.29 is 19.6 Å². The lowest BCUT2D eigenvalue weighted by atomic mass is 10.4. The van der Waals surface area contributed by atoms with Gasteiger partial charge in [-0.1, -0.05) is 0 Å². The molecule has 0 spiro atoms. The van der Waals surface area contributed by atoms with Crippen molar-refractivity contribution in [2.75, 3.05) is 6.54 Å². The number of amides is 1. The first-order valence-electron chi connectivity index (χ1n) is 4.65. The largest absolute Gasteiger partial charge is 0.481 e. The van der Waals surface area contributed by atoms with Gasteiger partial charge in [0.2, 0.25) is 5.91 Å². The summed E-state index contributed by atoms with van der Waals surface area (Å²) in [5, 5.41) is 24.5. The summed E-state index contributed by atoms with van der Waals surface area (Å²) in [7, 11) is 0. The molecule has 0 fully saturated rings. The molecule has 1 rings (SSSR count). The Morgan fingerprint density at radius 3 is 2.82 bits per heavy atom. The topological polar surface area (TPSA) is 127 Å². The number of nitro groups is 1. The van der Waals surface area contributed by atoms with Crippen LogP contribution in [0.4, 0.5) is 5.82 Å². The summed E-state index contributed by atoms with van der Waals surface area (Å²) in [6, 6.07) is 1.17. The van der Waals surface area contributed by atoms with E-state index in [9.17, 15) is 19.7 Å². The standard InChI is InChI=1S/C8H10N4O5/c13-7(9-3-1-8(14)15)5-11-4-2-6(10-11)12(16)17/h2,4H,1,3,5H2,(H,9,13)(H,14,15). The molecular formula is C8H10N4O5. The number of hydrogen-bond acceptors (Lipinski definition) is 5. The van der Waals surface area contributed by atoms with Crippen LogP contribution >= 0.6 is 0 Å². The average molecular weight is 242 g/mol. The van der Waals surface area contributed by atoms with Gasteiger partial charge in [-0.15, -0.1) is 0 Å². The predicted octanol–water partition coefficient (Wildman–Crippen LogP) is -0.618. The molecule has 0 aromatic carbocycles. The Morgan fingerprint density at radius 1 is 1.59 bits per heavy atom.